The maximum absolute atomic E-state index is 5.93. The highest BCUT2D eigenvalue weighted by Crippen LogP contribution is 2.25. The van der Waals surface area contributed by atoms with Crippen LogP contribution >= 0.6 is 0 Å². The summed E-state index contributed by atoms with van der Waals surface area (Å²) in [5, 5.41) is 0. The Kier molecular flexibility index (Phi) is 12.3. The van der Waals surface area contributed by atoms with Gasteiger partial charge in [-0.1, -0.05) is 108 Å². The van der Waals surface area contributed by atoms with E-state index in [1.807, 2.05) is 0 Å². The highest BCUT2D eigenvalue weighted by molar-refractivity contribution is 5.64. The molecule has 0 saturated carbocycles. The van der Waals surface area contributed by atoms with E-state index in [1.165, 1.54) is 80.9 Å². The lowest BCUT2D eigenvalue weighted by Gasteiger charge is -2.11. The third kappa shape index (κ3) is 9.34. The van der Waals surface area contributed by atoms with Crippen molar-refractivity contribution in [2.75, 3.05) is 13.7 Å². The number of ether oxygens (including phenoxy) is 2. The third-order valence-corrected chi connectivity index (χ3v) is 5.94. The fourth-order valence-corrected chi connectivity index (χ4v) is 3.78. The van der Waals surface area contributed by atoms with E-state index in [2.05, 4.69) is 62.4 Å². The molecule has 0 aromatic heterocycles. The summed E-state index contributed by atoms with van der Waals surface area (Å²) in [5.41, 5.74) is 3.64. The number of methoxy groups -OCH3 is 1. The van der Waals surface area contributed by atoms with Crippen molar-refractivity contribution in [3.63, 3.8) is 0 Å². The zero-order valence-electron chi connectivity index (χ0n) is 19.5. The average molecular weight is 411 g/mol. The van der Waals surface area contributed by atoms with Crippen molar-refractivity contribution in [2.45, 2.75) is 90.6 Å². The molecule has 0 saturated heterocycles. The molecule has 0 heterocycles. The van der Waals surface area contributed by atoms with Crippen LogP contribution in [0.15, 0.2) is 48.5 Å². The first-order valence-electron chi connectivity index (χ1n) is 12.1. The highest BCUT2D eigenvalue weighted by atomic mass is 16.5. The van der Waals surface area contributed by atoms with Gasteiger partial charge in [-0.3, -0.25) is 0 Å². The van der Waals surface area contributed by atoms with Gasteiger partial charge in [0.1, 0.15) is 5.75 Å². The van der Waals surface area contributed by atoms with Crippen molar-refractivity contribution in [1.29, 1.82) is 0 Å². The van der Waals surface area contributed by atoms with E-state index in [9.17, 15) is 0 Å². The zero-order chi connectivity index (χ0) is 21.4. The second-order valence-corrected chi connectivity index (χ2v) is 8.41. The minimum Gasteiger partial charge on any atom is -0.494 e. The Labute approximate surface area is 185 Å². The van der Waals surface area contributed by atoms with Gasteiger partial charge in [0.2, 0.25) is 0 Å². The van der Waals surface area contributed by atoms with Crippen molar-refractivity contribution in [3.8, 4) is 16.9 Å². The van der Waals surface area contributed by atoms with Crippen LogP contribution < -0.4 is 4.74 Å². The van der Waals surface area contributed by atoms with E-state index in [0.717, 1.165) is 18.8 Å². The Hall–Kier alpha value is -1.80. The van der Waals surface area contributed by atoms with Gasteiger partial charge in [0.25, 0.3) is 0 Å². The van der Waals surface area contributed by atoms with Crippen molar-refractivity contribution in [3.05, 3.63) is 54.1 Å². The quantitative estimate of drug-likeness (QED) is 0.257. The monoisotopic (exact) mass is 410 g/mol. The second kappa shape index (κ2) is 15.1. The first-order chi connectivity index (χ1) is 14.7. The van der Waals surface area contributed by atoms with E-state index in [0.29, 0.717) is 0 Å². The number of hydrogen-bond donors (Lipinski definition) is 0. The minimum atomic E-state index is 0.130. The highest BCUT2D eigenvalue weighted by Gasteiger charge is 2.04. The molecule has 2 aromatic rings. The molecule has 0 amide bonds. The molecule has 0 N–H and O–H groups in total. The van der Waals surface area contributed by atoms with Gasteiger partial charge >= 0.3 is 0 Å². The Morgan fingerprint density at radius 2 is 1.10 bits per heavy atom. The second-order valence-electron chi connectivity index (χ2n) is 8.41. The molecule has 2 heteroatoms. The number of unbranched alkanes of at least 4 members (excludes halogenated alkanes) is 10. The number of benzene rings is 2. The first-order valence-corrected chi connectivity index (χ1v) is 12.1. The summed E-state index contributed by atoms with van der Waals surface area (Å²) in [6.07, 6.45) is 15.1. The Morgan fingerprint density at radius 1 is 0.633 bits per heavy atom. The molecular formula is C28H42O2. The lowest BCUT2D eigenvalue weighted by molar-refractivity contribution is 0.119. The summed E-state index contributed by atoms with van der Waals surface area (Å²) in [5.74, 6) is 0.968. The van der Waals surface area contributed by atoms with Crippen LogP contribution in [0.3, 0.4) is 0 Å². The fourth-order valence-electron chi connectivity index (χ4n) is 3.78. The molecule has 0 spiro atoms. The van der Waals surface area contributed by atoms with Crippen LogP contribution in [-0.2, 0) is 4.74 Å². The van der Waals surface area contributed by atoms with Gasteiger partial charge in [-0.25, -0.2) is 0 Å². The van der Waals surface area contributed by atoms with E-state index in [1.54, 1.807) is 7.11 Å². The molecule has 2 nitrogen and oxygen atoms in total. The van der Waals surface area contributed by atoms with Gasteiger partial charge in [0, 0.05) is 7.11 Å². The van der Waals surface area contributed by atoms with Gasteiger partial charge in [0.05, 0.1) is 12.7 Å². The van der Waals surface area contributed by atoms with Crippen molar-refractivity contribution in [2.24, 2.45) is 0 Å². The summed E-state index contributed by atoms with van der Waals surface area (Å²) in [4.78, 5) is 0. The largest absolute Gasteiger partial charge is 0.494 e. The van der Waals surface area contributed by atoms with Crippen LogP contribution in [0.5, 0.6) is 5.75 Å². The molecule has 1 unspecified atom stereocenters. The fraction of sp³-hybridized carbons (Fsp3) is 0.571. The van der Waals surface area contributed by atoms with Crippen LogP contribution in [0.2, 0.25) is 0 Å². The van der Waals surface area contributed by atoms with E-state index in [4.69, 9.17) is 9.47 Å². The SMILES string of the molecule is CCCCCCCCCCCCCOc1ccc(-c2ccc(C(C)OC)cc2)cc1. The Morgan fingerprint density at radius 3 is 1.60 bits per heavy atom. The summed E-state index contributed by atoms with van der Waals surface area (Å²) in [6, 6.07) is 17.0. The number of rotatable bonds is 16. The molecule has 0 bridgehead atoms. The molecule has 0 aliphatic heterocycles. The van der Waals surface area contributed by atoms with Gasteiger partial charge in [0.15, 0.2) is 0 Å². The van der Waals surface area contributed by atoms with Crippen LogP contribution in [-0.4, -0.2) is 13.7 Å². The van der Waals surface area contributed by atoms with Crippen LogP contribution in [0.1, 0.15) is 96.1 Å². The average Bonchev–Trinajstić information content (AvgIpc) is 2.80. The maximum Gasteiger partial charge on any atom is 0.119 e. The molecule has 30 heavy (non-hydrogen) atoms. The molecule has 0 aliphatic carbocycles. The third-order valence-electron chi connectivity index (χ3n) is 5.94. The van der Waals surface area contributed by atoms with Gasteiger partial charge < -0.3 is 9.47 Å². The van der Waals surface area contributed by atoms with Gasteiger partial charge in [-0.2, -0.15) is 0 Å². The van der Waals surface area contributed by atoms with Crippen molar-refractivity contribution >= 4 is 0 Å². The minimum absolute atomic E-state index is 0.130. The smallest absolute Gasteiger partial charge is 0.119 e. The lowest BCUT2D eigenvalue weighted by atomic mass is 10.0. The molecule has 0 radical (unpaired) electrons. The molecular weight excluding hydrogens is 368 g/mol. The van der Waals surface area contributed by atoms with Crippen LogP contribution in [0, 0.1) is 0 Å². The van der Waals surface area contributed by atoms with Crippen molar-refractivity contribution in [1.82, 2.24) is 0 Å². The predicted molar refractivity (Wildman–Crippen MR) is 129 cm³/mol. The standard InChI is InChI=1S/C28H42O2/c1-4-5-6-7-8-9-10-11-12-13-14-23-30-28-21-19-27(20-22-28)26-17-15-25(16-18-26)24(2)29-3/h15-22,24H,4-14,23H2,1-3H3. The van der Waals surface area contributed by atoms with Crippen molar-refractivity contribution < 1.29 is 9.47 Å². The van der Waals surface area contributed by atoms with E-state index < -0.39 is 0 Å². The van der Waals surface area contributed by atoms with E-state index >= 15 is 0 Å². The summed E-state index contributed by atoms with van der Waals surface area (Å²) < 4.78 is 11.3. The molecule has 2 aromatic carbocycles. The van der Waals surface area contributed by atoms with Gasteiger partial charge in [-0.15, -0.1) is 0 Å². The zero-order valence-corrected chi connectivity index (χ0v) is 19.5. The Balaban J connectivity index is 1.57. The Bertz CT molecular complexity index is 660. The molecule has 0 fully saturated rings. The summed E-state index contributed by atoms with van der Waals surface area (Å²) in [6.45, 7) is 5.17. The summed E-state index contributed by atoms with van der Waals surface area (Å²) in [7, 11) is 1.74. The maximum atomic E-state index is 5.93. The molecule has 0 aliphatic rings. The van der Waals surface area contributed by atoms with Gasteiger partial charge in [-0.05, 0) is 42.2 Å². The lowest BCUT2D eigenvalue weighted by Crippen LogP contribution is -1.97. The predicted octanol–water partition coefficient (Wildman–Crippen LogP) is 8.75. The normalized spacial score (nSPS) is 12.1. The topological polar surface area (TPSA) is 18.5 Å². The van der Waals surface area contributed by atoms with E-state index in [-0.39, 0.29) is 6.10 Å². The molecule has 2 rings (SSSR count). The van der Waals surface area contributed by atoms with Crippen LogP contribution in [0.25, 0.3) is 11.1 Å². The molecule has 166 valence electrons. The first kappa shape index (κ1) is 24.5. The number of hydrogen-bond acceptors (Lipinski definition) is 2. The van der Waals surface area contributed by atoms with Crippen LogP contribution in [0.4, 0.5) is 0 Å². The molecule has 1 atom stereocenters. The summed E-state index contributed by atoms with van der Waals surface area (Å²) >= 11 is 0.